The number of nitrogens with one attached hydrogen (secondary N) is 1. The molecule has 1 N–H and O–H groups in total. The SMILES string of the molecule is CCC(CN(CC)c1ccccc1)NC. The van der Waals surface area contributed by atoms with Gasteiger partial charge in [0, 0.05) is 24.8 Å². The molecule has 1 aromatic rings. The van der Waals surface area contributed by atoms with E-state index < -0.39 is 0 Å². The quantitative estimate of drug-likeness (QED) is 0.769. The van der Waals surface area contributed by atoms with Gasteiger partial charge in [-0.25, -0.2) is 0 Å². The summed E-state index contributed by atoms with van der Waals surface area (Å²) in [5.74, 6) is 0. The second-order valence-electron chi connectivity index (χ2n) is 3.77. The van der Waals surface area contributed by atoms with E-state index in [1.807, 2.05) is 7.05 Å². The van der Waals surface area contributed by atoms with E-state index in [2.05, 4.69) is 54.4 Å². The molecule has 0 saturated carbocycles. The zero-order chi connectivity index (χ0) is 11.1. The number of rotatable bonds is 6. The van der Waals surface area contributed by atoms with E-state index in [-0.39, 0.29) is 0 Å². The van der Waals surface area contributed by atoms with E-state index in [9.17, 15) is 0 Å². The van der Waals surface area contributed by atoms with E-state index >= 15 is 0 Å². The van der Waals surface area contributed by atoms with Gasteiger partial charge in [-0.1, -0.05) is 25.1 Å². The number of hydrogen-bond donors (Lipinski definition) is 1. The highest BCUT2D eigenvalue weighted by Crippen LogP contribution is 2.13. The van der Waals surface area contributed by atoms with Crippen LogP contribution in [0.25, 0.3) is 0 Å². The summed E-state index contributed by atoms with van der Waals surface area (Å²) in [6, 6.07) is 11.2. The highest BCUT2D eigenvalue weighted by molar-refractivity contribution is 5.45. The zero-order valence-electron chi connectivity index (χ0n) is 10.0. The fourth-order valence-electron chi connectivity index (χ4n) is 1.75. The standard InChI is InChI=1S/C13H22N2/c1-4-12(14-3)11-15(5-2)13-9-7-6-8-10-13/h6-10,12,14H,4-5,11H2,1-3H3. The second-order valence-corrected chi connectivity index (χ2v) is 3.77. The summed E-state index contributed by atoms with van der Waals surface area (Å²) < 4.78 is 0. The van der Waals surface area contributed by atoms with E-state index in [0.29, 0.717) is 6.04 Å². The van der Waals surface area contributed by atoms with Crippen LogP contribution in [0.4, 0.5) is 5.69 Å². The summed E-state index contributed by atoms with van der Waals surface area (Å²) in [6.07, 6.45) is 1.17. The summed E-state index contributed by atoms with van der Waals surface area (Å²) in [7, 11) is 2.03. The van der Waals surface area contributed by atoms with Gasteiger partial charge in [0.25, 0.3) is 0 Å². The molecular weight excluding hydrogens is 184 g/mol. The molecule has 1 unspecified atom stereocenters. The van der Waals surface area contributed by atoms with Crippen LogP contribution in [0.3, 0.4) is 0 Å². The van der Waals surface area contributed by atoms with Crippen LogP contribution in [0.1, 0.15) is 20.3 Å². The Bertz CT molecular complexity index is 254. The van der Waals surface area contributed by atoms with Crippen molar-refractivity contribution in [3.8, 4) is 0 Å². The van der Waals surface area contributed by atoms with Crippen molar-refractivity contribution < 1.29 is 0 Å². The van der Waals surface area contributed by atoms with Gasteiger partial charge in [0.1, 0.15) is 0 Å². The van der Waals surface area contributed by atoms with Crippen molar-refractivity contribution in [1.29, 1.82) is 0 Å². The summed E-state index contributed by atoms with van der Waals surface area (Å²) >= 11 is 0. The first-order chi connectivity index (χ1) is 7.31. The summed E-state index contributed by atoms with van der Waals surface area (Å²) in [4.78, 5) is 2.41. The van der Waals surface area contributed by atoms with Crippen molar-refractivity contribution in [3.05, 3.63) is 30.3 Å². The lowest BCUT2D eigenvalue weighted by molar-refractivity contribution is 0.535. The molecule has 0 aliphatic heterocycles. The lowest BCUT2D eigenvalue weighted by Gasteiger charge is -2.27. The molecule has 1 aromatic carbocycles. The topological polar surface area (TPSA) is 15.3 Å². The Balaban J connectivity index is 2.64. The molecule has 0 amide bonds. The van der Waals surface area contributed by atoms with Crippen LogP contribution in [0.2, 0.25) is 0 Å². The average Bonchev–Trinajstić information content (AvgIpc) is 2.32. The number of benzene rings is 1. The van der Waals surface area contributed by atoms with Crippen molar-refractivity contribution in [2.75, 3.05) is 25.0 Å². The molecule has 1 rings (SSSR count). The lowest BCUT2D eigenvalue weighted by atomic mass is 10.2. The minimum absolute atomic E-state index is 0.574. The number of anilines is 1. The van der Waals surface area contributed by atoms with Gasteiger partial charge in [-0.15, -0.1) is 0 Å². The predicted octanol–water partition coefficient (Wildman–Crippen LogP) is 2.51. The van der Waals surface area contributed by atoms with Crippen LogP contribution >= 0.6 is 0 Å². The number of likely N-dealkylation sites (N-methyl/N-ethyl adjacent to an activating group) is 2. The molecular formula is C13H22N2. The maximum Gasteiger partial charge on any atom is 0.0366 e. The number of para-hydroxylation sites is 1. The highest BCUT2D eigenvalue weighted by Gasteiger charge is 2.09. The Morgan fingerprint density at radius 3 is 2.33 bits per heavy atom. The van der Waals surface area contributed by atoms with Gasteiger partial charge in [0.2, 0.25) is 0 Å². The highest BCUT2D eigenvalue weighted by atomic mass is 15.1. The first-order valence-electron chi connectivity index (χ1n) is 5.79. The van der Waals surface area contributed by atoms with Crippen LogP contribution in [0.5, 0.6) is 0 Å². The van der Waals surface area contributed by atoms with Crippen molar-refractivity contribution in [3.63, 3.8) is 0 Å². The molecule has 0 aliphatic carbocycles. The van der Waals surface area contributed by atoms with E-state index in [1.165, 1.54) is 12.1 Å². The van der Waals surface area contributed by atoms with Crippen molar-refractivity contribution in [2.24, 2.45) is 0 Å². The molecule has 0 saturated heterocycles. The molecule has 0 aliphatic rings. The van der Waals surface area contributed by atoms with Gasteiger partial charge in [-0.3, -0.25) is 0 Å². The summed E-state index contributed by atoms with van der Waals surface area (Å²) in [5, 5.41) is 3.34. The van der Waals surface area contributed by atoms with E-state index in [1.54, 1.807) is 0 Å². The van der Waals surface area contributed by atoms with Gasteiger partial charge in [-0.05, 0) is 32.5 Å². The normalized spacial score (nSPS) is 12.5. The molecule has 15 heavy (non-hydrogen) atoms. The number of hydrogen-bond acceptors (Lipinski definition) is 2. The molecule has 1 atom stereocenters. The average molecular weight is 206 g/mol. The summed E-state index contributed by atoms with van der Waals surface area (Å²) in [5.41, 5.74) is 1.31. The van der Waals surface area contributed by atoms with Gasteiger partial charge in [0.15, 0.2) is 0 Å². The Kier molecular flexibility index (Phi) is 5.19. The molecule has 0 bridgehead atoms. The maximum atomic E-state index is 3.34. The van der Waals surface area contributed by atoms with Crippen LogP contribution in [-0.2, 0) is 0 Å². The molecule has 0 aromatic heterocycles. The Morgan fingerprint density at radius 1 is 1.20 bits per heavy atom. The Labute approximate surface area is 93.3 Å². The van der Waals surface area contributed by atoms with Gasteiger partial charge in [-0.2, -0.15) is 0 Å². The monoisotopic (exact) mass is 206 g/mol. The minimum atomic E-state index is 0.574. The third-order valence-electron chi connectivity index (χ3n) is 2.84. The van der Waals surface area contributed by atoms with Crippen molar-refractivity contribution in [2.45, 2.75) is 26.3 Å². The van der Waals surface area contributed by atoms with Crippen LogP contribution in [-0.4, -0.2) is 26.2 Å². The second kappa shape index (κ2) is 6.46. The van der Waals surface area contributed by atoms with Gasteiger partial charge < -0.3 is 10.2 Å². The summed E-state index contributed by atoms with van der Waals surface area (Å²) in [6.45, 7) is 6.56. The smallest absolute Gasteiger partial charge is 0.0366 e. The fraction of sp³-hybridized carbons (Fsp3) is 0.538. The molecule has 0 fully saturated rings. The maximum absolute atomic E-state index is 3.34. The predicted molar refractivity (Wildman–Crippen MR) is 67.5 cm³/mol. The Hall–Kier alpha value is -1.02. The molecule has 2 nitrogen and oxygen atoms in total. The largest absolute Gasteiger partial charge is 0.370 e. The first-order valence-corrected chi connectivity index (χ1v) is 5.79. The zero-order valence-corrected chi connectivity index (χ0v) is 10.0. The molecule has 2 heteroatoms. The Morgan fingerprint density at radius 2 is 1.87 bits per heavy atom. The third-order valence-corrected chi connectivity index (χ3v) is 2.84. The minimum Gasteiger partial charge on any atom is -0.370 e. The van der Waals surface area contributed by atoms with Crippen LogP contribution in [0, 0.1) is 0 Å². The third kappa shape index (κ3) is 3.56. The molecule has 0 spiro atoms. The van der Waals surface area contributed by atoms with Crippen molar-refractivity contribution in [1.82, 2.24) is 5.32 Å². The van der Waals surface area contributed by atoms with Crippen molar-refractivity contribution >= 4 is 5.69 Å². The molecule has 0 heterocycles. The lowest BCUT2D eigenvalue weighted by Crippen LogP contribution is -2.39. The molecule has 84 valence electrons. The molecule has 0 radical (unpaired) electrons. The van der Waals surface area contributed by atoms with Crippen LogP contribution in [0.15, 0.2) is 30.3 Å². The van der Waals surface area contributed by atoms with E-state index in [4.69, 9.17) is 0 Å². The number of nitrogens with zero attached hydrogens (tertiary/aromatic N) is 1. The first kappa shape index (κ1) is 12.1. The van der Waals surface area contributed by atoms with Gasteiger partial charge in [0.05, 0.1) is 0 Å². The van der Waals surface area contributed by atoms with Crippen LogP contribution < -0.4 is 10.2 Å². The fourth-order valence-corrected chi connectivity index (χ4v) is 1.75. The van der Waals surface area contributed by atoms with Gasteiger partial charge >= 0.3 is 0 Å². The van der Waals surface area contributed by atoms with E-state index in [0.717, 1.165) is 13.1 Å².